The minimum absolute atomic E-state index is 0.155. The summed E-state index contributed by atoms with van der Waals surface area (Å²) in [7, 11) is 1.60. The molecule has 0 aliphatic heterocycles. The standard InChI is InChI=1S/C13H21NO2S/c1-10(14-7-4-8-17-3)12-6-5-11(16-2)9-13(12)15/h5-6,9-10,14-15H,4,7-8H2,1-3H3. The van der Waals surface area contributed by atoms with Crippen molar-refractivity contribution >= 4 is 11.8 Å². The first-order valence-corrected chi connectivity index (χ1v) is 7.17. The number of hydrogen-bond acceptors (Lipinski definition) is 4. The number of aromatic hydroxyl groups is 1. The van der Waals surface area contributed by atoms with Crippen molar-refractivity contribution < 1.29 is 9.84 Å². The number of rotatable bonds is 7. The Kier molecular flexibility index (Phi) is 6.22. The highest BCUT2D eigenvalue weighted by atomic mass is 32.2. The maximum Gasteiger partial charge on any atom is 0.124 e. The van der Waals surface area contributed by atoms with E-state index in [0.717, 1.165) is 24.3 Å². The zero-order valence-electron chi connectivity index (χ0n) is 10.7. The lowest BCUT2D eigenvalue weighted by Gasteiger charge is -2.16. The van der Waals surface area contributed by atoms with E-state index in [4.69, 9.17) is 4.74 Å². The number of nitrogens with one attached hydrogen (secondary N) is 1. The molecule has 1 unspecified atom stereocenters. The predicted octanol–water partition coefficient (Wildman–Crippen LogP) is 2.80. The van der Waals surface area contributed by atoms with Gasteiger partial charge in [-0.25, -0.2) is 0 Å². The van der Waals surface area contributed by atoms with Crippen molar-refractivity contribution in [3.05, 3.63) is 23.8 Å². The molecule has 1 rings (SSSR count). The molecule has 0 spiro atoms. The van der Waals surface area contributed by atoms with E-state index in [1.54, 1.807) is 13.2 Å². The van der Waals surface area contributed by atoms with Crippen LogP contribution in [0.4, 0.5) is 0 Å². The second kappa shape index (κ2) is 7.45. The van der Waals surface area contributed by atoms with Gasteiger partial charge in [-0.05, 0) is 38.0 Å². The maximum absolute atomic E-state index is 9.87. The molecule has 0 aliphatic carbocycles. The van der Waals surface area contributed by atoms with E-state index < -0.39 is 0 Å². The van der Waals surface area contributed by atoms with E-state index in [0.29, 0.717) is 5.75 Å². The van der Waals surface area contributed by atoms with Gasteiger partial charge in [-0.2, -0.15) is 11.8 Å². The average Bonchev–Trinajstić information content (AvgIpc) is 2.34. The molecule has 1 aromatic carbocycles. The lowest BCUT2D eigenvalue weighted by molar-refractivity contribution is 0.404. The number of thioether (sulfide) groups is 1. The molecule has 0 heterocycles. The van der Waals surface area contributed by atoms with Crippen LogP contribution in [-0.4, -0.2) is 30.8 Å². The Morgan fingerprint density at radius 2 is 2.24 bits per heavy atom. The number of methoxy groups -OCH3 is 1. The summed E-state index contributed by atoms with van der Waals surface area (Å²) in [4.78, 5) is 0. The molecule has 0 aromatic heterocycles. The fourth-order valence-corrected chi connectivity index (χ4v) is 2.09. The summed E-state index contributed by atoms with van der Waals surface area (Å²) in [5.74, 6) is 2.13. The van der Waals surface area contributed by atoms with Crippen LogP contribution in [0.15, 0.2) is 18.2 Å². The van der Waals surface area contributed by atoms with Crippen LogP contribution in [0.2, 0.25) is 0 Å². The number of hydrogen-bond donors (Lipinski definition) is 2. The summed E-state index contributed by atoms with van der Waals surface area (Å²) in [6.45, 7) is 3.02. The van der Waals surface area contributed by atoms with Gasteiger partial charge in [0, 0.05) is 17.7 Å². The zero-order chi connectivity index (χ0) is 12.7. The van der Waals surface area contributed by atoms with Crippen molar-refractivity contribution in [1.82, 2.24) is 5.32 Å². The number of phenols is 1. The lowest BCUT2D eigenvalue weighted by atomic mass is 10.1. The summed E-state index contributed by atoms with van der Waals surface area (Å²) in [5, 5.41) is 13.3. The van der Waals surface area contributed by atoms with Crippen molar-refractivity contribution in [1.29, 1.82) is 0 Å². The predicted molar refractivity (Wildman–Crippen MR) is 74.1 cm³/mol. The summed E-state index contributed by atoms with van der Waals surface area (Å²) in [5.41, 5.74) is 0.912. The smallest absolute Gasteiger partial charge is 0.124 e. The van der Waals surface area contributed by atoms with Crippen molar-refractivity contribution in [2.24, 2.45) is 0 Å². The van der Waals surface area contributed by atoms with E-state index in [9.17, 15) is 5.11 Å². The van der Waals surface area contributed by atoms with Crippen LogP contribution >= 0.6 is 11.8 Å². The van der Waals surface area contributed by atoms with Crippen molar-refractivity contribution in [2.75, 3.05) is 25.7 Å². The van der Waals surface area contributed by atoms with E-state index in [1.165, 1.54) is 0 Å². The lowest BCUT2D eigenvalue weighted by Crippen LogP contribution is -2.20. The second-order valence-electron chi connectivity index (χ2n) is 3.95. The molecular formula is C13H21NO2S. The molecule has 0 saturated carbocycles. The largest absolute Gasteiger partial charge is 0.507 e. The summed E-state index contributed by atoms with van der Waals surface area (Å²) in [6.07, 6.45) is 3.25. The first kappa shape index (κ1) is 14.2. The fraction of sp³-hybridized carbons (Fsp3) is 0.538. The Bertz CT molecular complexity index is 344. The first-order chi connectivity index (χ1) is 8.19. The molecule has 2 N–H and O–H groups in total. The van der Waals surface area contributed by atoms with Gasteiger partial charge in [0.15, 0.2) is 0 Å². The molecule has 0 amide bonds. The molecule has 4 heteroatoms. The Morgan fingerprint density at radius 3 is 2.82 bits per heavy atom. The monoisotopic (exact) mass is 255 g/mol. The van der Waals surface area contributed by atoms with Gasteiger partial charge in [0.05, 0.1) is 7.11 Å². The molecule has 0 radical (unpaired) electrons. The summed E-state index contributed by atoms with van der Waals surface area (Å²) in [6, 6.07) is 5.58. The molecule has 96 valence electrons. The molecule has 1 atom stereocenters. The Hall–Kier alpha value is -0.870. The van der Waals surface area contributed by atoms with Crippen molar-refractivity contribution in [3.63, 3.8) is 0 Å². The van der Waals surface area contributed by atoms with Gasteiger partial charge in [-0.3, -0.25) is 0 Å². The third kappa shape index (κ3) is 4.48. The highest BCUT2D eigenvalue weighted by molar-refractivity contribution is 7.98. The molecule has 0 saturated heterocycles. The van der Waals surface area contributed by atoms with Gasteiger partial charge in [-0.15, -0.1) is 0 Å². The molecular weight excluding hydrogens is 234 g/mol. The van der Waals surface area contributed by atoms with Gasteiger partial charge in [0.25, 0.3) is 0 Å². The maximum atomic E-state index is 9.87. The van der Waals surface area contributed by atoms with Crippen LogP contribution in [0.1, 0.15) is 24.9 Å². The molecule has 0 fully saturated rings. The highest BCUT2D eigenvalue weighted by Gasteiger charge is 2.10. The zero-order valence-corrected chi connectivity index (χ0v) is 11.5. The number of phenolic OH excluding ortho intramolecular Hbond substituents is 1. The Labute approximate surface area is 108 Å². The topological polar surface area (TPSA) is 41.5 Å². The van der Waals surface area contributed by atoms with Gasteiger partial charge in [0.1, 0.15) is 11.5 Å². The van der Waals surface area contributed by atoms with Gasteiger partial charge in [0.2, 0.25) is 0 Å². The molecule has 0 aliphatic rings. The van der Waals surface area contributed by atoms with E-state index >= 15 is 0 Å². The van der Waals surface area contributed by atoms with Gasteiger partial charge < -0.3 is 15.2 Å². The number of benzene rings is 1. The third-order valence-electron chi connectivity index (χ3n) is 2.68. The molecule has 0 bridgehead atoms. The van der Waals surface area contributed by atoms with Crippen LogP contribution in [0, 0.1) is 0 Å². The molecule has 3 nitrogen and oxygen atoms in total. The normalized spacial score (nSPS) is 12.4. The Balaban J connectivity index is 2.53. The van der Waals surface area contributed by atoms with E-state index in [-0.39, 0.29) is 11.8 Å². The summed E-state index contributed by atoms with van der Waals surface area (Å²) < 4.78 is 5.06. The molecule has 17 heavy (non-hydrogen) atoms. The van der Waals surface area contributed by atoms with Crippen molar-refractivity contribution in [2.45, 2.75) is 19.4 Å². The van der Waals surface area contributed by atoms with Crippen LogP contribution < -0.4 is 10.1 Å². The van der Waals surface area contributed by atoms with Crippen molar-refractivity contribution in [3.8, 4) is 11.5 Å². The molecule has 1 aromatic rings. The quantitative estimate of drug-likeness (QED) is 0.735. The van der Waals surface area contributed by atoms with Gasteiger partial charge in [-0.1, -0.05) is 6.07 Å². The van der Waals surface area contributed by atoms with Gasteiger partial charge >= 0.3 is 0 Å². The Morgan fingerprint density at radius 1 is 1.47 bits per heavy atom. The minimum atomic E-state index is 0.155. The van der Waals surface area contributed by atoms with Crippen LogP contribution in [-0.2, 0) is 0 Å². The van der Waals surface area contributed by atoms with Crippen LogP contribution in [0.3, 0.4) is 0 Å². The third-order valence-corrected chi connectivity index (χ3v) is 3.38. The fourth-order valence-electron chi connectivity index (χ4n) is 1.66. The van der Waals surface area contributed by atoms with E-state index in [2.05, 4.69) is 18.5 Å². The second-order valence-corrected chi connectivity index (χ2v) is 4.93. The van der Waals surface area contributed by atoms with Crippen LogP contribution in [0.5, 0.6) is 11.5 Å². The van der Waals surface area contributed by atoms with Crippen LogP contribution in [0.25, 0.3) is 0 Å². The SMILES string of the molecule is COc1ccc(C(C)NCCCSC)c(O)c1. The van der Waals surface area contributed by atoms with E-state index in [1.807, 2.05) is 23.9 Å². The first-order valence-electron chi connectivity index (χ1n) is 5.78. The minimum Gasteiger partial charge on any atom is -0.507 e. The summed E-state index contributed by atoms with van der Waals surface area (Å²) >= 11 is 1.85. The average molecular weight is 255 g/mol. The highest BCUT2D eigenvalue weighted by Crippen LogP contribution is 2.28. The number of ether oxygens (including phenoxy) is 1.